The van der Waals surface area contributed by atoms with Crippen molar-refractivity contribution in [1.82, 2.24) is 5.43 Å². The summed E-state index contributed by atoms with van der Waals surface area (Å²) in [6.07, 6.45) is -0.964. The minimum absolute atomic E-state index is 0.0417. The zero-order valence-electron chi connectivity index (χ0n) is 23.6. The first-order valence-electron chi connectivity index (χ1n) is 12.9. The van der Waals surface area contributed by atoms with E-state index in [4.69, 9.17) is 9.16 Å². The molecule has 3 aromatic carbocycles. The highest BCUT2D eigenvalue weighted by Crippen LogP contribution is 2.41. The Morgan fingerprint density at radius 3 is 1.74 bits per heavy atom. The summed E-state index contributed by atoms with van der Waals surface area (Å²) in [5.41, 5.74) is 2.32. The lowest BCUT2D eigenvalue weighted by molar-refractivity contribution is -0.146. The van der Waals surface area contributed by atoms with Crippen molar-refractivity contribution in [3.8, 4) is 0 Å². The van der Waals surface area contributed by atoms with Crippen LogP contribution in [0, 0.1) is 0 Å². The molecule has 0 heterocycles. The lowest BCUT2D eigenvalue weighted by Gasteiger charge is -2.45. The normalized spacial score (nSPS) is 13.5. The van der Waals surface area contributed by atoms with Gasteiger partial charge in [-0.2, -0.15) is 5.10 Å². The zero-order valence-corrected chi connectivity index (χ0v) is 26.2. The molecule has 1 amide bonds. The molecule has 0 saturated heterocycles. The van der Waals surface area contributed by atoms with Crippen molar-refractivity contribution in [3.05, 3.63) is 95.0 Å². The van der Waals surface area contributed by atoms with E-state index in [2.05, 4.69) is 71.5 Å². The average molecular weight is 610 g/mol. The summed E-state index contributed by atoms with van der Waals surface area (Å²) in [4.78, 5) is 25.7. The Kier molecular flexibility index (Phi) is 9.69. The van der Waals surface area contributed by atoms with Crippen molar-refractivity contribution < 1.29 is 18.8 Å². The highest BCUT2D eigenvalue weighted by atomic mass is 79.9. The highest BCUT2D eigenvalue weighted by Gasteiger charge is 2.53. The first-order chi connectivity index (χ1) is 18.3. The predicted molar refractivity (Wildman–Crippen MR) is 163 cm³/mol. The first kappa shape index (κ1) is 30.5. The van der Waals surface area contributed by atoms with Gasteiger partial charge in [-0.1, -0.05) is 116 Å². The van der Waals surface area contributed by atoms with Gasteiger partial charge in [0.1, 0.15) is 11.7 Å². The van der Waals surface area contributed by atoms with Crippen molar-refractivity contribution in [1.29, 1.82) is 0 Å². The fraction of sp³-hybridized carbons (Fsp3) is 0.323. The van der Waals surface area contributed by atoms with E-state index in [0.717, 1.165) is 14.8 Å². The molecule has 3 rings (SSSR count). The van der Waals surface area contributed by atoms with Gasteiger partial charge in [0.05, 0.1) is 0 Å². The summed E-state index contributed by atoms with van der Waals surface area (Å²) in [6, 6.07) is 27.9. The molecule has 0 aliphatic carbocycles. The summed E-state index contributed by atoms with van der Waals surface area (Å²) in [7, 11) is -3.16. The van der Waals surface area contributed by atoms with Crippen LogP contribution in [0.3, 0.4) is 0 Å². The van der Waals surface area contributed by atoms with Crippen molar-refractivity contribution in [2.75, 3.05) is 0 Å². The summed E-state index contributed by atoms with van der Waals surface area (Å²) >= 11 is 3.67. The van der Waals surface area contributed by atoms with Crippen LogP contribution < -0.4 is 15.8 Å². The summed E-state index contributed by atoms with van der Waals surface area (Å²) < 4.78 is 13.9. The van der Waals surface area contributed by atoms with Gasteiger partial charge in [0.2, 0.25) is 5.91 Å². The number of rotatable bonds is 8. The van der Waals surface area contributed by atoms with E-state index in [9.17, 15) is 9.59 Å². The molecular formula is C31H37BrN2O4Si. The van der Waals surface area contributed by atoms with Gasteiger partial charge in [-0.3, -0.25) is 4.79 Å². The molecule has 0 spiro atoms. The Morgan fingerprint density at radius 1 is 0.821 bits per heavy atom. The second kappa shape index (κ2) is 12.4. The van der Waals surface area contributed by atoms with Crippen LogP contribution in [0.15, 0.2) is 94.5 Å². The van der Waals surface area contributed by atoms with Crippen LogP contribution in [0.2, 0.25) is 5.04 Å². The number of carbonyl (C=O) groups excluding carboxylic acids is 2. The average Bonchev–Trinajstić information content (AvgIpc) is 2.85. The third kappa shape index (κ3) is 7.32. The van der Waals surface area contributed by atoms with E-state index in [1.807, 2.05) is 60.7 Å². The largest absolute Gasteiger partial charge is 0.455 e. The summed E-state index contributed by atoms with van der Waals surface area (Å²) in [5.74, 6) is -1.08. The van der Waals surface area contributed by atoms with Gasteiger partial charge in [-0.15, -0.1) is 0 Å². The fourth-order valence-electron chi connectivity index (χ4n) is 4.50. The van der Waals surface area contributed by atoms with Gasteiger partial charge < -0.3 is 9.16 Å². The molecule has 0 saturated carbocycles. The van der Waals surface area contributed by atoms with Crippen LogP contribution in [0.25, 0.3) is 0 Å². The van der Waals surface area contributed by atoms with E-state index < -0.39 is 31.9 Å². The molecule has 0 bridgehead atoms. The van der Waals surface area contributed by atoms with Crippen molar-refractivity contribution in [3.63, 3.8) is 0 Å². The molecule has 6 nitrogen and oxygen atoms in total. The molecule has 206 valence electrons. The first-order valence-corrected chi connectivity index (χ1v) is 15.6. The Balaban J connectivity index is 2.38. The number of nitrogens with zero attached hydrogens (tertiary/aromatic N) is 1. The Bertz CT molecular complexity index is 1280. The van der Waals surface area contributed by atoms with Crippen LogP contribution in [-0.4, -0.2) is 31.5 Å². The molecule has 0 aromatic heterocycles. The molecule has 1 N–H and O–H groups in total. The number of ether oxygens (including phenoxy) is 1. The summed E-state index contributed by atoms with van der Waals surface area (Å²) in [6.45, 7) is 13.2. The number of hydrazone groups is 1. The van der Waals surface area contributed by atoms with Gasteiger partial charge in [-0.05, 0) is 42.2 Å². The second-order valence-electron chi connectivity index (χ2n) is 11.3. The number of esters is 1. The third-order valence-corrected chi connectivity index (χ3v) is 11.8. The Labute approximate surface area is 241 Å². The quantitative estimate of drug-likeness (QED) is 0.149. The molecule has 0 radical (unpaired) electrons. The number of halogens is 1. The molecule has 8 heteroatoms. The molecule has 1 unspecified atom stereocenters. The number of hydrogen-bond acceptors (Lipinski definition) is 5. The van der Waals surface area contributed by atoms with E-state index in [-0.39, 0.29) is 10.7 Å². The van der Waals surface area contributed by atoms with Gasteiger partial charge in [0.15, 0.2) is 5.71 Å². The minimum atomic E-state index is -3.16. The van der Waals surface area contributed by atoms with E-state index in [0.29, 0.717) is 5.56 Å². The van der Waals surface area contributed by atoms with Crippen LogP contribution >= 0.6 is 15.9 Å². The van der Waals surface area contributed by atoms with Gasteiger partial charge in [-0.25, -0.2) is 10.2 Å². The number of nitrogens with one attached hydrogen (secondary N) is 1. The Morgan fingerprint density at radius 2 is 1.31 bits per heavy atom. The van der Waals surface area contributed by atoms with E-state index in [1.165, 1.54) is 6.92 Å². The minimum Gasteiger partial charge on any atom is -0.455 e. The lowest BCUT2D eigenvalue weighted by atomic mass is 10.0. The predicted octanol–water partition coefficient (Wildman–Crippen LogP) is 5.90. The maximum absolute atomic E-state index is 13.7. The molecule has 3 aromatic rings. The lowest BCUT2D eigenvalue weighted by Crippen LogP contribution is -2.67. The van der Waals surface area contributed by atoms with Crippen LogP contribution in [0.1, 0.15) is 60.1 Å². The molecule has 0 aliphatic rings. The van der Waals surface area contributed by atoms with Crippen LogP contribution in [0.5, 0.6) is 0 Å². The molecular weight excluding hydrogens is 572 g/mol. The fourth-order valence-corrected chi connectivity index (χ4v) is 9.60. The zero-order chi connectivity index (χ0) is 28.8. The molecule has 1 atom stereocenters. The number of hydrogen-bond donors (Lipinski definition) is 1. The van der Waals surface area contributed by atoms with Gasteiger partial charge >= 0.3 is 5.97 Å². The van der Waals surface area contributed by atoms with E-state index in [1.54, 1.807) is 20.8 Å². The SMILES string of the molecule is CC(=O)N/N=C(\C(=O)OC(C)(C)C)C(O[Si](c1ccccc1)(c1ccccc1)C(C)(C)C)c1ccccc1Br. The molecule has 0 aliphatic heterocycles. The second-order valence-corrected chi connectivity index (χ2v) is 16.5. The number of amides is 1. The maximum Gasteiger partial charge on any atom is 0.358 e. The number of carbonyl (C=O) groups is 2. The maximum atomic E-state index is 13.7. The summed E-state index contributed by atoms with van der Waals surface area (Å²) in [5, 5.41) is 6.02. The Hall–Kier alpha value is -3.07. The highest BCUT2D eigenvalue weighted by molar-refractivity contribution is 9.10. The van der Waals surface area contributed by atoms with Gasteiger partial charge in [0.25, 0.3) is 8.32 Å². The van der Waals surface area contributed by atoms with E-state index >= 15 is 0 Å². The number of benzene rings is 3. The van der Waals surface area contributed by atoms with Gasteiger partial charge in [0, 0.05) is 17.0 Å². The molecule has 39 heavy (non-hydrogen) atoms. The molecule has 0 fully saturated rings. The monoisotopic (exact) mass is 608 g/mol. The topological polar surface area (TPSA) is 77.0 Å². The van der Waals surface area contributed by atoms with Crippen LogP contribution in [0.4, 0.5) is 0 Å². The van der Waals surface area contributed by atoms with Crippen molar-refractivity contribution >= 4 is 52.2 Å². The standard InChI is InChI=1S/C31H37BrN2O4Si/c1-22(35)33-34-27(29(36)37-30(2,3)4)28(25-20-14-15-21-26(25)32)38-39(31(5,6)7,23-16-10-8-11-17-23)24-18-12-9-13-19-24/h8-21,28H,1-7H3,(H,33,35)/b34-27-. The smallest absolute Gasteiger partial charge is 0.358 e. The van der Waals surface area contributed by atoms with Crippen molar-refractivity contribution in [2.24, 2.45) is 5.10 Å². The van der Waals surface area contributed by atoms with Crippen molar-refractivity contribution in [2.45, 2.75) is 65.2 Å². The van der Waals surface area contributed by atoms with Crippen LogP contribution in [-0.2, 0) is 18.8 Å². The third-order valence-electron chi connectivity index (χ3n) is 6.09.